The number of aromatic nitrogens is 1. The molecule has 0 saturated carbocycles. The number of hydrogen-bond acceptors (Lipinski definition) is 6. The average Bonchev–Trinajstić information content (AvgIpc) is 2.74. The van der Waals surface area contributed by atoms with Gasteiger partial charge in [-0.25, -0.2) is 4.98 Å². The number of hydrogen-bond donors (Lipinski definition) is 1. The minimum Gasteiger partial charge on any atom is -0.496 e. The van der Waals surface area contributed by atoms with Crippen molar-refractivity contribution >= 4 is 11.6 Å². The Hall–Kier alpha value is -2.90. The summed E-state index contributed by atoms with van der Waals surface area (Å²) in [4.78, 5) is 16.9. The molecule has 1 fully saturated rings. The molecule has 2 heterocycles. The van der Waals surface area contributed by atoms with Crippen LogP contribution in [0.4, 0.5) is 5.69 Å². The van der Waals surface area contributed by atoms with E-state index in [9.17, 15) is 4.79 Å². The summed E-state index contributed by atoms with van der Waals surface area (Å²) in [5, 5.41) is 2.85. The minimum absolute atomic E-state index is 0.201. The summed E-state index contributed by atoms with van der Waals surface area (Å²) in [5.74, 6) is 0.950. The maximum Gasteiger partial charge on any atom is 0.235 e. The number of para-hydroxylation sites is 1. The van der Waals surface area contributed by atoms with Crippen LogP contribution in [0.15, 0.2) is 55.3 Å². The summed E-state index contributed by atoms with van der Waals surface area (Å²) >= 11 is 0. The first-order valence-electron chi connectivity index (χ1n) is 8.93. The lowest BCUT2D eigenvalue weighted by atomic mass is 9.90. The van der Waals surface area contributed by atoms with Crippen molar-refractivity contribution in [1.82, 2.24) is 4.98 Å². The van der Waals surface area contributed by atoms with Gasteiger partial charge in [-0.05, 0) is 19.1 Å². The minimum atomic E-state index is -0.823. The quantitative estimate of drug-likeness (QED) is 0.738. The van der Waals surface area contributed by atoms with E-state index in [1.165, 1.54) is 0 Å². The smallest absolute Gasteiger partial charge is 0.235 e. The molecule has 148 valence electrons. The molecule has 0 spiro atoms. The molecule has 0 aliphatic carbocycles. The Labute approximate surface area is 164 Å². The predicted octanol–water partition coefficient (Wildman–Crippen LogP) is 3.35. The fraction of sp³-hybridized carbons (Fsp3) is 0.333. The highest BCUT2D eigenvalue weighted by molar-refractivity contribution is 5.95. The summed E-state index contributed by atoms with van der Waals surface area (Å²) in [6.45, 7) is 6.20. The van der Waals surface area contributed by atoms with Gasteiger partial charge in [0.25, 0.3) is 0 Å². The zero-order valence-corrected chi connectivity index (χ0v) is 16.0. The second-order valence-corrected chi connectivity index (χ2v) is 6.70. The predicted molar refractivity (Wildman–Crippen MR) is 104 cm³/mol. The van der Waals surface area contributed by atoms with E-state index in [0.29, 0.717) is 23.9 Å². The van der Waals surface area contributed by atoms with Crippen LogP contribution in [0.1, 0.15) is 18.8 Å². The molecule has 3 rings (SSSR count). The first kappa shape index (κ1) is 19.9. The van der Waals surface area contributed by atoms with Gasteiger partial charge < -0.3 is 24.3 Å². The summed E-state index contributed by atoms with van der Waals surface area (Å²) in [7, 11) is 1.60. The summed E-state index contributed by atoms with van der Waals surface area (Å²) in [6, 6.07) is 10.9. The Kier molecular flexibility index (Phi) is 6.28. The third kappa shape index (κ3) is 4.49. The second-order valence-electron chi connectivity index (χ2n) is 6.70. The topological polar surface area (TPSA) is 78.9 Å². The van der Waals surface area contributed by atoms with Crippen molar-refractivity contribution in [3.63, 3.8) is 0 Å². The number of anilines is 1. The van der Waals surface area contributed by atoms with Crippen LogP contribution in [0.3, 0.4) is 0 Å². The van der Waals surface area contributed by atoms with Gasteiger partial charge in [-0.1, -0.05) is 30.9 Å². The first-order valence-corrected chi connectivity index (χ1v) is 8.93. The molecular weight excluding hydrogens is 360 g/mol. The lowest BCUT2D eigenvalue weighted by molar-refractivity contribution is -0.226. The van der Waals surface area contributed by atoms with Crippen molar-refractivity contribution in [1.29, 1.82) is 0 Å². The van der Waals surface area contributed by atoms with E-state index in [1.54, 1.807) is 38.4 Å². The van der Waals surface area contributed by atoms with Gasteiger partial charge in [0, 0.05) is 11.6 Å². The highest BCUT2D eigenvalue weighted by atomic mass is 16.7. The van der Waals surface area contributed by atoms with Gasteiger partial charge in [-0.2, -0.15) is 0 Å². The normalized spacial score (nSPS) is 21.6. The number of ether oxygens (including phenoxy) is 4. The summed E-state index contributed by atoms with van der Waals surface area (Å²) < 4.78 is 22.4. The lowest BCUT2D eigenvalue weighted by Gasteiger charge is -2.36. The Morgan fingerprint density at radius 1 is 1.32 bits per heavy atom. The molecule has 0 bridgehead atoms. The first-order chi connectivity index (χ1) is 13.6. The summed E-state index contributed by atoms with van der Waals surface area (Å²) in [6.07, 6.45) is 2.61. The molecule has 1 aliphatic rings. The Morgan fingerprint density at radius 2 is 2.07 bits per heavy atom. The third-order valence-electron chi connectivity index (χ3n) is 4.39. The number of pyridine rings is 1. The molecule has 1 saturated heterocycles. The number of amides is 1. The molecule has 28 heavy (non-hydrogen) atoms. The van der Waals surface area contributed by atoms with Crippen LogP contribution in [-0.2, 0) is 14.3 Å². The van der Waals surface area contributed by atoms with Crippen molar-refractivity contribution in [3.05, 3.63) is 60.8 Å². The largest absolute Gasteiger partial charge is 0.496 e. The van der Waals surface area contributed by atoms with E-state index >= 15 is 0 Å². The monoisotopic (exact) mass is 384 g/mol. The lowest BCUT2D eigenvalue weighted by Crippen LogP contribution is -2.45. The molecule has 1 N–H and O–H groups in total. The number of nitrogens with one attached hydrogen (secondary N) is 1. The average molecular weight is 384 g/mol. The Bertz CT molecular complexity index is 814. The van der Waals surface area contributed by atoms with Crippen LogP contribution >= 0.6 is 0 Å². The van der Waals surface area contributed by atoms with Crippen molar-refractivity contribution in [3.8, 4) is 11.6 Å². The van der Waals surface area contributed by atoms with Crippen molar-refractivity contribution in [2.75, 3.05) is 32.2 Å². The number of carbonyl (C=O) groups excluding carboxylic acids is 1. The van der Waals surface area contributed by atoms with E-state index in [-0.39, 0.29) is 19.1 Å². The van der Waals surface area contributed by atoms with Crippen LogP contribution in [0.2, 0.25) is 0 Å². The number of nitrogens with zero attached hydrogens (tertiary/aromatic N) is 1. The molecular formula is C21H24N2O5. The molecule has 0 unspecified atom stereocenters. The van der Waals surface area contributed by atoms with Gasteiger partial charge in [-0.3, -0.25) is 4.79 Å². The fourth-order valence-corrected chi connectivity index (χ4v) is 2.75. The molecule has 7 heteroatoms. The Balaban J connectivity index is 1.60. The molecule has 1 aromatic carbocycles. The molecule has 2 aromatic rings. The number of methoxy groups -OCH3 is 1. The van der Waals surface area contributed by atoms with Gasteiger partial charge in [0.2, 0.25) is 11.8 Å². The van der Waals surface area contributed by atoms with Crippen LogP contribution in [0.25, 0.3) is 0 Å². The van der Waals surface area contributed by atoms with E-state index < -0.39 is 11.7 Å². The van der Waals surface area contributed by atoms with Crippen LogP contribution < -0.4 is 14.8 Å². The second kappa shape index (κ2) is 8.86. The third-order valence-corrected chi connectivity index (χ3v) is 4.39. The number of rotatable bonds is 7. The van der Waals surface area contributed by atoms with Gasteiger partial charge in [0.1, 0.15) is 12.4 Å². The van der Waals surface area contributed by atoms with E-state index in [0.717, 1.165) is 5.56 Å². The van der Waals surface area contributed by atoms with Crippen molar-refractivity contribution in [2.24, 2.45) is 5.41 Å². The molecule has 1 aliphatic heterocycles. The zero-order chi connectivity index (χ0) is 20.0. The van der Waals surface area contributed by atoms with Gasteiger partial charge in [0.05, 0.1) is 37.6 Å². The maximum absolute atomic E-state index is 12.7. The van der Waals surface area contributed by atoms with Crippen molar-refractivity contribution < 1.29 is 23.7 Å². The zero-order valence-electron chi connectivity index (χ0n) is 16.0. The molecule has 0 radical (unpaired) electrons. The Morgan fingerprint density at radius 3 is 2.71 bits per heavy atom. The van der Waals surface area contributed by atoms with Crippen molar-refractivity contribution in [2.45, 2.75) is 13.2 Å². The SMILES string of the molecule is C=CCOc1ccc(NC(=O)C2(C)COC(c3ccccc3OC)OC2)cn1. The number of carbonyl (C=O) groups is 1. The van der Waals surface area contributed by atoms with Crippen LogP contribution in [-0.4, -0.2) is 37.8 Å². The maximum atomic E-state index is 12.7. The highest BCUT2D eigenvalue weighted by Gasteiger charge is 2.40. The fourth-order valence-electron chi connectivity index (χ4n) is 2.75. The van der Waals surface area contributed by atoms with Crippen LogP contribution in [0, 0.1) is 5.41 Å². The van der Waals surface area contributed by atoms with E-state index in [1.807, 2.05) is 24.3 Å². The standard InChI is InChI=1S/C21H24N2O5/c1-4-11-26-18-10-9-15(12-22-18)23-20(24)21(2)13-27-19(28-14-21)16-7-5-6-8-17(16)25-3/h4-10,12,19H,1,11,13-14H2,2-3H3,(H,23,24). The molecule has 0 atom stereocenters. The van der Waals surface area contributed by atoms with Gasteiger partial charge in [-0.15, -0.1) is 0 Å². The molecule has 1 aromatic heterocycles. The van der Waals surface area contributed by atoms with E-state index in [4.69, 9.17) is 18.9 Å². The van der Waals surface area contributed by atoms with E-state index in [2.05, 4.69) is 16.9 Å². The molecule has 1 amide bonds. The highest BCUT2D eigenvalue weighted by Crippen LogP contribution is 2.36. The summed E-state index contributed by atoms with van der Waals surface area (Å²) in [5.41, 5.74) is 0.548. The molecule has 7 nitrogen and oxygen atoms in total. The number of benzene rings is 1. The van der Waals surface area contributed by atoms with Gasteiger partial charge in [0.15, 0.2) is 6.29 Å². The van der Waals surface area contributed by atoms with Gasteiger partial charge >= 0.3 is 0 Å². The van der Waals surface area contributed by atoms with Crippen LogP contribution in [0.5, 0.6) is 11.6 Å².